The number of unbranched alkanes of at least 4 members (excludes halogenated alkanes) is 3. The molecule has 0 aliphatic rings. The normalized spacial score (nSPS) is 11.2. The molecule has 0 saturated carbocycles. The van der Waals surface area contributed by atoms with Crippen molar-refractivity contribution in [2.45, 2.75) is 32.2 Å². The Labute approximate surface area is 180 Å². The predicted octanol–water partition coefficient (Wildman–Crippen LogP) is 8.19. The summed E-state index contributed by atoms with van der Waals surface area (Å²) < 4.78 is 8.77. The van der Waals surface area contributed by atoms with E-state index >= 15 is 0 Å². The van der Waals surface area contributed by atoms with Crippen molar-refractivity contribution in [1.29, 1.82) is 0 Å². The summed E-state index contributed by atoms with van der Waals surface area (Å²) in [6, 6.07) is 23.1. The Balaban J connectivity index is 1.71. The van der Waals surface area contributed by atoms with Crippen molar-refractivity contribution in [3.8, 4) is 11.5 Å². The van der Waals surface area contributed by atoms with Gasteiger partial charge in [0, 0.05) is 22.8 Å². The van der Waals surface area contributed by atoms with E-state index in [1.54, 1.807) is 0 Å². The van der Waals surface area contributed by atoms with Crippen molar-refractivity contribution in [3.05, 3.63) is 78.9 Å². The van der Waals surface area contributed by atoms with E-state index in [0.29, 0.717) is 0 Å². The molecule has 0 aliphatic heterocycles. The number of nitrogens with zero attached hydrogens (tertiary/aromatic N) is 1. The summed E-state index contributed by atoms with van der Waals surface area (Å²) in [5.74, 6) is 1.75. The van der Waals surface area contributed by atoms with Gasteiger partial charge in [0.25, 0.3) is 0 Å². The van der Waals surface area contributed by atoms with Gasteiger partial charge in [0.15, 0.2) is 0 Å². The van der Waals surface area contributed by atoms with Crippen LogP contribution in [-0.4, -0.2) is 9.90 Å². The Hall–Kier alpha value is -2.52. The summed E-state index contributed by atoms with van der Waals surface area (Å²) in [5, 5.41) is 3.54. The average molecular weight is 448 g/mol. The van der Waals surface area contributed by atoms with Crippen LogP contribution in [0.1, 0.15) is 31.2 Å². The zero-order valence-corrected chi connectivity index (χ0v) is 18.2. The van der Waals surface area contributed by atoms with Crippen molar-refractivity contribution in [2.75, 3.05) is 5.33 Å². The molecule has 0 saturated heterocycles. The van der Waals surface area contributed by atoms with E-state index in [2.05, 4.69) is 69.5 Å². The van der Waals surface area contributed by atoms with Crippen LogP contribution in [0.5, 0.6) is 11.5 Å². The maximum absolute atomic E-state index is 6.32. The molecule has 3 aromatic carbocycles. The second kappa shape index (κ2) is 9.32. The van der Waals surface area contributed by atoms with E-state index in [1.165, 1.54) is 47.5 Å². The quantitative estimate of drug-likeness (QED) is 0.186. The summed E-state index contributed by atoms with van der Waals surface area (Å²) in [6.45, 7) is 4.85. The van der Waals surface area contributed by atoms with E-state index in [0.717, 1.165) is 28.9 Å². The van der Waals surface area contributed by atoms with Crippen LogP contribution >= 0.6 is 15.9 Å². The Morgan fingerprint density at radius 1 is 0.828 bits per heavy atom. The van der Waals surface area contributed by atoms with E-state index < -0.39 is 0 Å². The molecule has 0 fully saturated rings. The van der Waals surface area contributed by atoms with Gasteiger partial charge in [-0.15, -0.1) is 0 Å². The van der Waals surface area contributed by atoms with Gasteiger partial charge in [-0.2, -0.15) is 0 Å². The third kappa shape index (κ3) is 4.25. The molecule has 0 aliphatic carbocycles. The molecule has 2 nitrogen and oxygen atoms in total. The largest absolute Gasteiger partial charge is 0.457 e. The predicted molar refractivity (Wildman–Crippen MR) is 128 cm³/mol. The molecule has 148 valence electrons. The topological polar surface area (TPSA) is 14.2 Å². The average Bonchev–Trinajstić information content (AvgIpc) is 3.09. The van der Waals surface area contributed by atoms with Crippen molar-refractivity contribution < 1.29 is 4.74 Å². The number of aryl methyl sites for hydroxylation is 1. The Kier molecular flexibility index (Phi) is 6.36. The number of hydrogen-bond acceptors (Lipinski definition) is 1. The standard InChI is InChI=1S/C26H26BrNO/c1-2-20-14-16-21(17-15-20)29-25-13-9-12-24-26(25)22-10-5-6-11-23(22)28(24)19-8-4-3-7-18-27/h2,5-6,9-17H,1,3-4,7-8,18-19H2. The highest BCUT2D eigenvalue weighted by Gasteiger charge is 2.14. The fourth-order valence-electron chi connectivity index (χ4n) is 3.91. The third-order valence-corrected chi connectivity index (χ3v) is 5.93. The number of alkyl halides is 1. The summed E-state index contributed by atoms with van der Waals surface area (Å²) in [4.78, 5) is 0. The monoisotopic (exact) mass is 447 g/mol. The van der Waals surface area contributed by atoms with E-state index in [9.17, 15) is 0 Å². The van der Waals surface area contributed by atoms with Crippen molar-refractivity contribution in [2.24, 2.45) is 0 Å². The number of ether oxygens (including phenoxy) is 1. The number of aromatic nitrogens is 1. The maximum atomic E-state index is 6.32. The summed E-state index contributed by atoms with van der Waals surface area (Å²) in [6.07, 6.45) is 6.81. The highest BCUT2D eigenvalue weighted by atomic mass is 79.9. The molecule has 0 bridgehead atoms. The first-order chi connectivity index (χ1) is 14.3. The van der Waals surface area contributed by atoms with Crippen LogP contribution in [0.15, 0.2) is 73.3 Å². The molecule has 0 spiro atoms. The molecule has 0 atom stereocenters. The second-order valence-corrected chi connectivity index (χ2v) is 8.09. The van der Waals surface area contributed by atoms with Gasteiger partial charge in [-0.25, -0.2) is 0 Å². The Morgan fingerprint density at radius 2 is 1.59 bits per heavy atom. The van der Waals surface area contributed by atoms with Crippen molar-refractivity contribution in [3.63, 3.8) is 0 Å². The lowest BCUT2D eigenvalue weighted by Crippen LogP contribution is -1.97. The fourth-order valence-corrected chi connectivity index (χ4v) is 4.30. The van der Waals surface area contributed by atoms with Crippen molar-refractivity contribution >= 4 is 43.8 Å². The minimum absolute atomic E-state index is 0.842. The maximum Gasteiger partial charge on any atom is 0.137 e. The van der Waals surface area contributed by atoms with Crippen LogP contribution < -0.4 is 4.74 Å². The third-order valence-electron chi connectivity index (χ3n) is 5.37. The van der Waals surface area contributed by atoms with Gasteiger partial charge in [0.05, 0.1) is 10.9 Å². The number of hydrogen-bond donors (Lipinski definition) is 0. The van der Waals surface area contributed by atoms with E-state index in [-0.39, 0.29) is 0 Å². The SMILES string of the molecule is C=Cc1ccc(Oc2cccc3c2c2ccccc2n3CCCCCCBr)cc1. The number of para-hydroxylation sites is 1. The molecule has 0 N–H and O–H groups in total. The molecule has 29 heavy (non-hydrogen) atoms. The lowest BCUT2D eigenvalue weighted by atomic mass is 10.1. The molecular formula is C26H26BrNO. The zero-order chi connectivity index (χ0) is 20.1. The molecule has 0 amide bonds. The smallest absolute Gasteiger partial charge is 0.137 e. The Morgan fingerprint density at radius 3 is 2.38 bits per heavy atom. The number of halogens is 1. The number of fused-ring (bicyclic) bond motifs is 3. The molecule has 0 radical (unpaired) electrons. The summed E-state index contributed by atoms with van der Waals surface area (Å²) in [5.41, 5.74) is 3.61. The lowest BCUT2D eigenvalue weighted by Gasteiger charge is -2.09. The van der Waals surface area contributed by atoms with Gasteiger partial charge in [-0.05, 0) is 48.7 Å². The van der Waals surface area contributed by atoms with Crippen LogP contribution in [0.2, 0.25) is 0 Å². The van der Waals surface area contributed by atoms with Gasteiger partial charge in [-0.1, -0.05) is 77.8 Å². The fraction of sp³-hybridized carbons (Fsp3) is 0.231. The minimum atomic E-state index is 0.842. The first-order valence-electron chi connectivity index (χ1n) is 10.3. The van der Waals surface area contributed by atoms with Gasteiger partial charge >= 0.3 is 0 Å². The Bertz CT molecular complexity index is 1110. The van der Waals surface area contributed by atoms with Crippen LogP contribution in [0.3, 0.4) is 0 Å². The van der Waals surface area contributed by atoms with Crippen LogP contribution in [0.4, 0.5) is 0 Å². The van der Waals surface area contributed by atoms with E-state index in [1.807, 2.05) is 30.3 Å². The first-order valence-corrected chi connectivity index (χ1v) is 11.4. The van der Waals surface area contributed by atoms with Gasteiger partial charge < -0.3 is 9.30 Å². The molecule has 4 rings (SSSR count). The summed E-state index contributed by atoms with van der Waals surface area (Å²) in [7, 11) is 0. The lowest BCUT2D eigenvalue weighted by molar-refractivity contribution is 0.488. The number of benzene rings is 3. The van der Waals surface area contributed by atoms with Crippen LogP contribution in [0, 0.1) is 0 Å². The van der Waals surface area contributed by atoms with Gasteiger partial charge in [0.2, 0.25) is 0 Å². The molecule has 3 heteroatoms. The van der Waals surface area contributed by atoms with Crippen LogP contribution in [-0.2, 0) is 6.54 Å². The molecule has 0 unspecified atom stereocenters. The zero-order valence-electron chi connectivity index (χ0n) is 16.6. The number of rotatable bonds is 9. The molecule has 4 aromatic rings. The minimum Gasteiger partial charge on any atom is -0.457 e. The van der Waals surface area contributed by atoms with E-state index in [4.69, 9.17) is 4.74 Å². The first kappa shape index (κ1) is 19.8. The van der Waals surface area contributed by atoms with Crippen molar-refractivity contribution in [1.82, 2.24) is 4.57 Å². The van der Waals surface area contributed by atoms with Gasteiger partial charge in [0.1, 0.15) is 11.5 Å². The van der Waals surface area contributed by atoms with Crippen LogP contribution in [0.25, 0.3) is 27.9 Å². The van der Waals surface area contributed by atoms with Gasteiger partial charge in [-0.3, -0.25) is 0 Å². The summed E-state index contributed by atoms with van der Waals surface area (Å²) >= 11 is 3.52. The molecular weight excluding hydrogens is 422 g/mol. The molecule has 1 aromatic heterocycles. The second-order valence-electron chi connectivity index (χ2n) is 7.30. The molecule has 1 heterocycles. The highest BCUT2D eigenvalue weighted by molar-refractivity contribution is 9.09. The highest BCUT2D eigenvalue weighted by Crippen LogP contribution is 2.38.